The lowest BCUT2D eigenvalue weighted by Crippen LogP contribution is -2.42. The van der Waals surface area contributed by atoms with Gasteiger partial charge < -0.3 is 10.2 Å². The van der Waals surface area contributed by atoms with Crippen molar-refractivity contribution in [3.8, 4) is 0 Å². The van der Waals surface area contributed by atoms with E-state index in [9.17, 15) is 8.78 Å². The first kappa shape index (κ1) is 16.8. The predicted octanol–water partition coefficient (Wildman–Crippen LogP) is 2.99. The van der Waals surface area contributed by atoms with Crippen molar-refractivity contribution in [2.24, 2.45) is 5.41 Å². The minimum Gasteiger partial charge on any atom is -0.316 e. The molecule has 0 amide bonds. The molecule has 0 aromatic carbocycles. The maximum atomic E-state index is 12.3. The second-order valence-corrected chi connectivity index (χ2v) is 5.33. The summed E-state index contributed by atoms with van der Waals surface area (Å²) in [5.41, 5.74) is 0.0908. The zero-order valence-corrected chi connectivity index (χ0v) is 11.7. The molecule has 17 heavy (non-hydrogen) atoms. The number of alkyl halides is 2. The number of nitrogens with one attached hydrogen (secondary N) is 1. The Labute approximate surface area is 105 Å². The SMILES string of the molecule is CCCNCC(C)(CCC)CN(C)CC(F)F. The molecule has 0 rings (SSSR count). The first-order valence-corrected chi connectivity index (χ1v) is 6.61. The highest BCUT2D eigenvalue weighted by molar-refractivity contribution is 4.80. The van der Waals surface area contributed by atoms with Crippen molar-refractivity contribution in [3.63, 3.8) is 0 Å². The molecule has 2 nitrogen and oxygen atoms in total. The highest BCUT2D eigenvalue weighted by Gasteiger charge is 2.25. The Kier molecular flexibility index (Phi) is 8.70. The zero-order valence-electron chi connectivity index (χ0n) is 11.7. The van der Waals surface area contributed by atoms with Crippen LogP contribution in [0.1, 0.15) is 40.0 Å². The molecule has 0 bridgehead atoms. The van der Waals surface area contributed by atoms with Crippen LogP contribution in [-0.4, -0.2) is 44.6 Å². The monoisotopic (exact) mass is 250 g/mol. The average Bonchev–Trinajstić information content (AvgIpc) is 2.16. The Bertz CT molecular complexity index is 188. The first-order chi connectivity index (χ1) is 7.93. The van der Waals surface area contributed by atoms with Gasteiger partial charge in [0.25, 0.3) is 6.43 Å². The summed E-state index contributed by atoms with van der Waals surface area (Å²) in [6, 6.07) is 0. The summed E-state index contributed by atoms with van der Waals surface area (Å²) < 4.78 is 24.6. The second kappa shape index (κ2) is 8.81. The number of halogens is 2. The zero-order chi connectivity index (χ0) is 13.3. The Hall–Kier alpha value is -0.220. The van der Waals surface area contributed by atoms with Crippen LogP contribution in [0.25, 0.3) is 0 Å². The molecule has 0 aliphatic carbocycles. The van der Waals surface area contributed by atoms with Crippen LogP contribution in [0.3, 0.4) is 0 Å². The van der Waals surface area contributed by atoms with Crippen LogP contribution in [0.4, 0.5) is 8.78 Å². The highest BCUT2D eigenvalue weighted by atomic mass is 19.3. The number of hydrogen-bond acceptors (Lipinski definition) is 2. The highest BCUT2D eigenvalue weighted by Crippen LogP contribution is 2.23. The van der Waals surface area contributed by atoms with Crippen LogP contribution in [-0.2, 0) is 0 Å². The van der Waals surface area contributed by atoms with Crippen LogP contribution in [0.2, 0.25) is 0 Å². The summed E-state index contributed by atoms with van der Waals surface area (Å²) in [6.07, 6.45) is 1.02. The molecule has 0 saturated carbocycles. The van der Waals surface area contributed by atoms with Gasteiger partial charge in [0.05, 0.1) is 6.54 Å². The fraction of sp³-hybridized carbons (Fsp3) is 1.00. The lowest BCUT2D eigenvalue weighted by Gasteiger charge is -2.34. The van der Waals surface area contributed by atoms with Gasteiger partial charge in [-0.2, -0.15) is 0 Å². The quantitative estimate of drug-likeness (QED) is 0.600. The molecular weight excluding hydrogens is 222 g/mol. The molecule has 0 saturated heterocycles. The van der Waals surface area contributed by atoms with E-state index in [-0.39, 0.29) is 12.0 Å². The lowest BCUT2D eigenvalue weighted by molar-refractivity contribution is 0.0760. The lowest BCUT2D eigenvalue weighted by atomic mass is 9.85. The normalized spacial score (nSPS) is 15.5. The van der Waals surface area contributed by atoms with Crippen molar-refractivity contribution in [2.45, 2.75) is 46.5 Å². The minimum absolute atomic E-state index is 0.0908. The van der Waals surface area contributed by atoms with Gasteiger partial charge in [-0.05, 0) is 31.8 Å². The summed E-state index contributed by atoms with van der Waals surface area (Å²) in [5, 5.41) is 3.40. The molecular formula is C13H28F2N2. The minimum atomic E-state index is -2.24. The van der Waals surface area contributed by atoms with Crippen LogP contribution in [0.15, 0.2) is 0 Å². The third kappa shape index (κ3) is 8.50. The first-order valence-electron chi connectivity index (χ1n) is 6.61. The molecule has 0 aliphatic heterocycles. The maximum Gasteiger partial charge on any atom is 0.251 e. The predicted molar refractivity (Wildman–Crippen MR) is 69.7 cm³/mol. The summed E-state index contributed by atoms with van der Waals surface area (Å²) in [4.78, 5) is 1.74. The van der Waals surface area contributed by atoms with Crippen molar-refractivity contribution in [2.75, 3.05) is 33.2 Å². The second-order valence-electron chi connectivity index (χ2n) is 5.33. The van der Waals surface area contributed by atoms with Crippen molar-refractivity contribution in [1.82, 2.24) is 10.2 Å². The Morgan fingerprint density at radius 3 is 2.35 bits per heavy atom. The maximum absolute atomic E-state index is 12.3. The molecule has 4 heteroatoms. The van der Waals surface area contributed by atoms with Crippen molar-refractivity contribution in [3.05, 3.63) is 0 Å². The van der Waals surface area contributed by atoms with Gasteiger partial charge in [-0.1, -0.05) is 27.2 Å². The number of nitrogens with zero attached hydrogens (tertiary/aromatic N) is 1. The van der Waals surface area contributed by atoms with Crippen LogP contribution in [0, 0.1) is 5.41 Å². The number of rotatable bonds is 10. The Balaban J connectivity index is 4.17. The standard InChI is InChI=1S/C13H28F2N2/c1-5-7-13(3,10-16-8-6-2)11-17(4)9-12(14)15/h12,16H,5-11H2,1-4H3. The molecule has 1 atom stereocenters. The molecule has 104 valence electrons. The third-order valence-electron chi connectivity index (χ3n) is 2.93. The van der Waals surface area contributed by atoms with E-state index in [1.54, 1.807) is 11.9 Å². The fourth-order valence-electron chi connectivity index (χ4n) is 2.35. The number of hydrogen-bond donors (Lipinski definition) is 1. The largest absolute Gasteiger partial charge is 0.316 e. The molecule has 1 N–H and O–H groups in total. The smallest absolute Gasteiger partial charge is 0.251 e. The molecule has 0 fully saturated rings. The van der Waals surface area contributed by atoms with Crippen molar-refractivity contribution < 1.29 is 8.78 Å². The van der Waals surface area contributed by atoms with Gasteiger partial charge >= 0.3 is 0 Å². The molecule has 0 radical (unpaired) electrons. The van der Waals surface area contributed by atoms with E-state index in [1.165, 1.54) is 0 Å². The van der Waals surface area contributed by atoms with Crippen molar-refractivity contribution in [1.29, 1.82) is 0 Å². The summed E-state index contributed by atoms with van der Waals surface area (Å²) in [6.45, 7) is 8.95. The topological polar surface area (TPSA) is 15.3 Å². The van der Waals surface area contributed by atoms with Gasteiger partial charge in [0.1, 0.15) is 0 Å². The van der Waals surface area contributed by atoms with Gasteiger partial charge in [0.15, 0.2) is 0 Å². The molecule has 1 unspecified atom stereocenters. The van der Waals surface area contributed by atoms with E-state index in [0.29, 0.717) is 0 Å². The van der Waals surface area contributed by atoms with Crippen LogP contribution >= 0.6 is 0 Å². The van der Waals surface area contributed by atoms with Gasteiger partial charge in [-0.25, -0.2) is 8.78 Å². The summed E-state index contributed by atoms with van der Waals surface area (Å²) in [7, 11) is 1.78. The van der Waals surface area contributed by atoms with Gasteiger partial charge in [-0.15, -0.1) is 0 Å². The van der Waals surface area contributed by atoms with E-state index in [0.717, 1.165) is 38.9 Å². The molecule has 0 aromatic heterocycles. The molecule has 0 aliphatic rings. The third-order valence-corrected chi connectivity index (χ3v) is 2.93. The van der Waals surface area contributed by atoms with Crippen LogP contribution < -0.4 is 5.32 Å². The summed E-state index contributed by atoms with van der Waals surface area (Å²) in [5.74, 6) is 0. The van der Waals surface area contributed by atoms with E-state index in [4.69, 9.17) is 0 Å². The Morgan fingerprint density at radius 1 is 1.24 bits per heavy atom. The van der Waals surface area contributed by atoms with Crippen LogP contribution in [0.5, 0.6) is 0 Å². The van der Waals surface area contributed by atoms with E-state index in [2.05, 4.69) is 26.1 Å². The molecule has 0 heterocycles. The average molecular weight is 250 g/mol. The Morgan fingerprint density at radius 2 is 1.88 bits per heavy atom. The van der Waals surface area contributed by atoms with Crippen molar-refractivity contribution >= 4 is 0 Å². The fourth-order valence-corrected chi connectivity index (χ4v) is 2.35. The van der Waals surface area contributed by atoms with Gasteiger partial charge in [-0.3, -0.25) is 0 Å². The molecule has 0 spiro atoms. The molecule has 0 aromatic rings. The van der Waals surface area contributed by atoms with Gasteiger partial charge in [0.2, 0.25) is 0 Å². The van der Waals surface area contributed by atoms with E-state index in [1.807, 2.05) is 0 Å². The van der Waals surface area contributed by atoms with E-state index < -0.39 is 6.43 Å². The van der Waals surface area contributed by atoms with E-state index >= 15 is 0 Å². The van der Waals surface area contributed by atoms with Gasteiger partial charge in [0, 0.05) is 13.1 Å². The summed E-state index contributed by atoms with van der Waals surface area (Å²) >= 11 is 0.